The summed E-state index contributed by atoms with van der Waals surface area (Å²) in [6, 6.07) is 4.59. The number of carbonyl (C=O) groups excluding carboxylic acids is 1. The number of nitrogens with zero attached hydrogens (tertiary/aromatic N) is 2. The minimum Gasteiger partial charge on any atom is -0.493 e. The lowest BCUT2D eigenvalue weighted by Gasteiger charge is -2.34. The zero-order valence-electron chi connectivity index (χ0n) is 17.5. The zero-order chi connectivity index (χ0) is 21.6. The van der Waals surface area contributed by atoms with Crippen molar-refractivity contribution in [2.45, 2.75) is 42.2 Å². The van der Waals surface area contributed by atoms with E-state index in [9.17, 15) is 13.2 Å². The molecular weight excluding hydrogens is 444 g/mol. The first-order chi connectivity index (χ1) is 14.5. The quantitative estimate of drug-likeness (QED) is 0.402. The Morgan fingerprint density at radius 2 is 1.83 bits per heavy atom. The second-order valence-corrected chi connectivity index (χ2v) is 12.1. The minimum absolute atomic E-state index is 0.131. The van der Waals surface area contributed by atoms with Gasteiger partial charge >= 0.3 is 0 Å². The fourth-order valence-corrected chi connectivity index (χ4v) is 8.14. The molecule has 2 aliphatic heterocycles. The van der Waals surface area contributed by atoms with Gasteiger partial charge in [0.1, 0.15) is 0 Å². The lowest BCUT2D eigenvalue weighted by molar-refractivity contribution is -0.132. The highest BCUT2D eigenvalue weighted by atomic mass is 33.1. The molecule has 0 saturated carbocycles. The number of amides is 1. The van der Waals surface area contributed by atoms with Crippen molar-refractivity contribution in [3.05, 3.63) is 18.2 Å². The van der Waals surface area contributed by atoms with Crippen molar-refractivity contribution in [2.75, 3.05) is 46.2 Å². The van der Waals surface area contributed by atoms with E-state index in [0.29, 0.717) is 44.1 Å². The number of methoxy groups -OCH3 is 2. The van der Waals surface area contributed by atoms with Gasteiger partial charge in [0.25, 0.3) is 0 Å². The second-order valence-electron chi connectivity index (χ2n) is 7.38. The number of benzene rings is 1. The van der Waals surface area contributed by atoms with Crippen LogP contribution in [-0.2, 0) is 14.8 Å². The molecule has 1 aromatic rings. The van der Waals surface area contributed by atoms with Crippen LogP contribution in [0, 0.1) is 0 Å². The number of hydrogen-bond donors (Lipinski definition) is 0. The summed E-state index contributed by atoms with van der Waals surface area (Å²) in [5.41, 5.74) is 0. The SMILES string of the molecule is COc1ccc(S(=O)(=O)N2CCN(C(=O)CCCCC3CCSS3)CC2)cc1OC. The average molecular weight is 475 g/mol. The number of ether oxygens (including phenoxy) is 2. The van der Waals surface area contributed by atoms with Crippen LogP contribution in [0.4, 0.5) is 0 Å². The molecule has 0 N–H and O–H groups in total. The predicted octanol–water partition coefficient (Wildman–Crippen LogP) is 3.25. The van der Waals surface area contributed by atoms with Crippen LogP contribution in [0.2, 0.25) is 0 Å². The molecule has 2 saturated heterocycles. The molecule has 2 aliphatic rings. The average Bonchev–Trinajstić information content (AvgIpc) is 3.29. The Morgan fingerprint density at radius 1 is 1.10 bits per heavy atom. The molecule has 7 nitrogen and oxygen atoms in total. The third-order valence-corrected chi connectivity index (χ3v) is 10.4. The van der Waals surface area contributed by atoms with Crippen molar-refractivity contribution in [1.29, 1.82) is 0 Å². The van der Waals surface area contributed by atoms with Crippen LogP contribution < -0.4 is 9.47 Å². The second kappa shape index (κ2) is 11.0. The van der Waals surface area contributed by atoms with E-state index >= 15 is 0 Å². The number of rotatable bonds is 9. The number of hydrogen-bond acceptors (Lipinski definition) is 7. The van der Waals surface area contributed by atoms with Crippen LogP contribution in [0.25, 0.3) is 0 Å². The molecule has 0 aromatic heterocycles. The first-order valence-corrected chi connectivity index (χ1v) is 14.1. The Morgan fingerprint density at radius 3 is 2.47 bits per heavy atom. The van der Waals surface area contributed by atoms with Crippen LogP contribution in [0.15, 0.2) is 23.1 Å². The lowest BCUT2D eigenvalue weighted by atomic mass is 10.1. The molecule has 3 rings (SSSR count). The van der Waals surface area contributed by atoms with Crippen LogP contribution >= 0.6 is 21.6 Å². The van der Waals surface area contributed by atoms with E-state index in [1.165, 1.54) is 49.3 Å². The summed E-state index contributed by atoms with van der Waals surface area (Å²) in [6.45, 7) is 1.47. The summed E-state index contributed by atoms with van der Waals surface area (Å²) in [5, 5.41) is 0.746. The molecule has 2 fully saturated rings. The fraction of sp³-hybridized carbons (Fsp3) is 0.650. The molecule has 1 amide bonds. The van der Waals surface area contributed by atoms with Gasteiger partial charge in [-0.3, -0.25) is 4.79 Å². The lowest BCUT2D eigenvalue weighted by Crippen LogP contribution is -2.50. The van der Waals surface area contributed by atoms with Crippen LogP contribution in [-0.4, -0.2) is 74.9 Å². The largest absolute Gasteiger partial charge is 0.493 e. The van der Waals surface area contributed by atoms with E-state index in [1.807, 2.05) is 21.6 Å². The number of carbonyl (C=O) groups is 1. The molecule has 10 heteroatoms. The van der Waals surface area contributed by atoms with Gasteiger partial charge in [-0.15, -0.1) is 0 Å². The highest BCUT2D eigenvalue weighted by molar-refractivity contribution is 8.77. The minimum atomic E-state index is -3.64. The monoisotopic (exact) mass is 474 g/mol. The summed E-state index contributed by atoms with van der Waals surface area (Å²) >= 11 is 0. The van der Waals surface area contributed by atoms with E-state index in [4.69, 9.17) is 9.47 Å². The van der Waals surface area contributed by atoms with E-state index in [1.54, 1.807) is 11.0 Å². The third kappa shape index (κ3) is 5.77. The van der Waals surface area contributed by atoms with E-state index < -0.39 is 10.0 Å². The predicted molar refractivity (Wildman–Crippen MR) is 122 cm³/mol. The van der Waals surface area contributed by atoms with Gasteiger partial charge in [0.2, 0.25) is 15.9 Å². The maximum absolute atomic E-state index is 13.0. The van der Waals surface area contributed by atoms with Crippen LogP contribution in [0.3, 0.4) is 0 Å². The van der Waals surface area contributed by atoms with Gasteiger partial charge in [-0.1, -0.05) is 28.0 Å². The van der Waals surface area contributed by atoms with Crippen molar-refractivity contribution in [2.24, 2.45) is 0 Å². The molecule has 0 spiro atoms. The first kappa shape index (κ1) is 23.6. The summed E-state index contributed by atoms with van der Waals surface area (Å²) in [5.74, 6) is 2.23. The molecule has 30 heavy (non-hydrogen) atoms. The van der Waals surface area contributed by atoms with E-state index in [0.717, 1.165) is 18.1 Å². The van der Waals surface area contributed by atoms with Gasteiger partial charge in [-0.05, 0) is 31.4 Å². The normalized spacial score (nSPS) is 20.3. The van der Waals surface area contributed by atoms with Crippen molar-refractivity contribution < 1.29 is 22.7 Å². The fourth-order valence-electron chi connectivity index (χ4n) is 3.67. The van der Waals surface area contributed by atoms with Crippen molar-refractivity contribution in [3.8, 4) is 11.5 Å². The van der Waals surface area contributed by atoms with Crippen molar-refractivity contribution in [3.63, 3.8) is 0 Å². The molecule has 2 heterocycles. The molecule has 0 bridgehead atoms. The molecule has 1 aromatic carbocycles. The molecule has 1 atom stereocenters. The summed E-state index contributed by atoms with van der Waals surface area (Å²) in [4.78, 5) is 14.5. The topological polar surface area (TPSA) is 76.2 Å². The Kier molecular flexibility index (Phi) is 8.62. The highest BCUT2D eigenvalue weighted by Crippen LogP contribution is 2.40. The first-order valence-electron chi connectivity index (χ1n) is 10.2. The molecule has 1 unspecified atom stereocenters. The molecule has 0 aliphatic carbocycles. The van der Waals surface area contributed by atoms with Gasteiger partial charge < -0.3 is 14.4 Å². The summed E-state index contributed by atoms with van der Waals surface area (Å²) in [6.07, 6.45) is 5.00. The number of unbranched alkanes of at least 4 members (excludes halogenated alkanes) is 1. The Hall–Kier alpha value is -1.10. The zero-order valence-corrected chi connectivity index (χ0v) is 20.0. The Bertz CT molecular complexity index is 820. The van der Waals surface area contributed by atoms with Gasteiger partial charge in [-0.2, -0.15) is 4.31 Å². The smallest absolute Gasteiger partial charge is 0.243 e. The van der Waals surface area contributed by atoms with Crippen molar-refractivity contribution in [1.82, 2.24) is 9.21 Å². The maximum atomic E-state index is 13.0. The summed E-state index contributed by atoms with van der Waals surface area (Å²) in [7, 11) is 3.27. The molecule has 0 radical (unpaired) electrons. The molecule has 168 valence electrons. The van der Waals surface area contributed by atoms with Gasteiger partial charge in [0, 0.05) is 49.7 Å². The Labute approximate surface area is 187 Å². The van der Waals surface area contributed by atoms with Gasteiger partial charge in [0.15, 0.2) is 11.5 Å². The van der Waals surface area contributed by atoms with E-state index in [2.05, 4.69) is 0 Å². The van der Waals surface area contributed by atoms with E-state index in [-0.39, 0.29) is 10.8 Å². The van der Waals surface area contributed by atoms with Gasteiger partial charge in [0.05, 0.1) is 19.1 Å². The number of sulfonamides is 1. The Balaban J connectivity index is 1.48. The molecular formula is C20H30N2O5S3. The third-order valence-electron chi connectivity index (χ3n) is 5.48. The maximum Gasteiger partial charge on any atom is 0.243 e. The summed E-state index contributed by atoms with van der Waals surface area (Å²) < 4.78 is 37.8. The van der Waals surface area contributed by atoms with Crippen molar-refractivity contribution >= 4 is 37.5 Å². The highest BCUT2D eigenvalue weighted by Gasteiger charge is 2.30. The standard InChI is InChI=1S/C20H30N2O5S3/c1-26-18-8-7-17(15-19(18)27-2)30(24,25)22-12-10-21(11-13-22)20(23)6-4-3-5-16-9-14-28-29-16/h7-8,15-16H,3-6,9-14H2,1-2H3. The number of piperazine rings is 1. The van der Waals surface area contributed by atoms with Gasteiger partial charge in [-0.25, -0.2) is 8.42 Å². The van der Waals surface area contributed by atoms with Crippen LogP contribution in [0.5, 0.6) is 11.5 Å². The van der Waals surface area contributed by atoms with Crippen LogP contribution in [0.1, 0.15) is 32.1 Å².